The molecule has 1 N–H and O–H groups in total. The van der Waals surface area contributed by atoms with Crippen LogP contribution in [0.3, 0.4) is 0 Å². The number of nitrogens with zero attached hydrogens (tertiary/aromatic N) is 5. The van der Waals surface area contributed by atoms with Crippen LogP contribution < -0.4 is 15.1 Å². The van der Waals surface area contributed by atoms with Gasteiger partial charge in [0.2, 0.25) is 0 Å². The second-order valence-corrected chi connectivity index (χ2v) is 16.8. The first-order valence-corrected chi connectivity index (χ1v) is 20.0. The lowest BCUT2D eigenvalue weighted by Gasteiger charge is -2.40. The first-order valence-electron chi connectivity index (χ1n) is 20.0. The number of morpholine rings is 2. The van der Waals surface area contributed by atoms with Gasteiger partial charge in [-0.15, -0.1) is 0 Å². The molecular formula is C42H64F2N6O7. The molecule has 0 aromatic heterocycles. The minimum absolute atomic E-state index is 0.0271. The zero-order chi connectivity index (χ0) is 41.8. The van der Waals surface area contributed by atoms with Crippen molar-refractivity contribution in [3.05, 3.63) is 59.2 Å². The summed E-state index contributed by atoms with van der Waals surface area (Å²) in [6.45, 7) is 26.1. The van der Waals surface area contributed by atoms with Gasteiger partial charge in [0.1, 0.15) is 22.8 Å². The van der Waals surface area contributed by atoms with E-state index in [1.165, 1.54) is 12.1 Å². The summed E-state index contributed by atoms with van der Waals surface area (Å²) in [5.41, 5.74) is 1.61. The fraction of sp³-hybridized carbons (Fsp3) is 0.643. The van der Waals surface area contributed by atoms with Crippen LogP contribution in [-0.4, -0.2) is 148 Å². The van der Waals surface area contributed by atoms with Crippen LogP contribution >= 0.6 is 0 Å². The number of ether oxygens (including phenoxy) is 4. The molecule has 318 valence electrons. The molecule has 0 saturated carbocycles. The topological polar surface area (TPSA) is 116 Å². The van der Waals surface area contributed by atoms with E-state index in [2.05, 4.69) is 15.1 Å². The maximum Gasteiger partial charge on any atom is 0.410 e. The highest BCUT2D eigenvalue weighted by Gasteiger charge is 2.31. The minimum Gasteiger partial charge on any atom is -0.444 e. The van der Waals surface area contributed by atoms with Gasteiger partial charge >= 0.3 is 12.2 Å². The summed E-state index contributed by atoms with van der Waals surface area (Å²) in [7, 11) is 0. The van der Waals surface area contributed by atoms with Crippen molar-refractivity contribution in [3.63, 3.8) is 0 Å². The SMILES string of the molecule is C[C@@H]1CN(Cc2ccc(N3CCOCC3)cc2F)CCN1C(=O)OC(C)(C)C.C[C@@H]1CNCCN1C(=O)OC(C)(C)C.O=Cc1ccc(N2CCOCC2)cc1F. The minimum atomic E-state index is -0.501. The number of aldehydes is 1. The highest BCUT2D eigenvalue weighted by molar-refractivity contribution is 5.76. The Kier molecular flexibility index (Phi) is 16.9. The Morgan fingerprint density at radius 1 is 0.737 bits per heavy atom. The van der Waals surface area contributed by atoms with Gasteiger partial charge in [-0.3, -0.25) is 9.69 Å². The Balaban J connectivity index is 0.000000209. The molecule has 2 aromatic carbocycles. The molecule has 2 amide bonds. The standard InChI is InChI=1S/C21H32FN3O3.C11H12FNO2.C10H20N2O2/c1-16-14-23(7-8-25(16)20(26)28-21(2,3)4)15-17-5-6-18(13-19(17)22)24-9-11-27-12-10-24;12-11-7-10(2-1-9(11)8-14)13-3-5-15-6-4-13;1-8-7-11-5-6-12(8)9(13)14-10(2,3)4/h5-6,13,16H,7-12,14-15H2,1-4H3;1-2,7-8H,3-6H2;8,11H,5-7H2,1-4H3/t16-;;8-/m1.1/s1. The van der Waals surface area contributed by atoms with Crippen LogP contribution in [0.2, 0.25) is 0 Å². The molecule has 0 unspecified atom stereocenters. The first-order chi connectivity index (χ1) is 26.9. The van der Waals surface area contributed by atoms with Gasteiger partial charge in [0.15, 0.2) is 6.29 Å². The molecule has 2 atom stereocenters. The fourth-order valence-electron chi connectivity index (χ4n) is 6.75. The van der Waals surface area contributed by atoms with Crippen molar-refractivity contribution < 1.29 is 42.1 Å². The number of halogens is 2. The summed E-state index contributed by atoms with van der Waals surface area (Å²) in [6.07, 6.45) is 0.0468. The monoisotopic (exact) mass is 802 g/mol. The molecule has 4 saturated heterocycles. The summed E-state index contributed by atoms with van der Waals surface area (Å²) in [6, 6.07) is 10.4. The van der Waals surface area contributed by atoms with Crippen LogP contribution in [0, 0.1) is 11.6 Å². The molecular weight excluding hydrogens is 738 g/mol. The van der Waals surface area contributed by atoms with Gasteiger partial charge in [-0.2, -0.15) is 0 Å². The van der Waals surface area contributed by atoms with Crippen molar-refractivity contribution in [2.45, 2.75) is 85.2 Å². The van der Waals surface area contributed by atoms with E-state index in [-0.39, 0.29) is 35.7 Å². The van der Waals surface area contributed by atoms with Crippen molar-refractivity contribution >= 4 is 29.8 Å². The van der Waals surface area contributed by atoms with Crippen LogP contribution in [0.15, 0.2) is 36.4 Å². The second-order valence-electron chi connectivity index (χ2n) is 16.8. The van der Waals surface area contributed by atoms with Gasteiger partial charge in [-0.1, -0.05) is 6.07 Å². The van der Waals surface area contributed by atoms with E-state index in [0.29, 0.717) is 64.5 Å². The third-order valence-corrected chi connectivity index (χ3v) is 9.76. The summed E-state index contributed by atoms with van der Waals surface area (Å²) < 4.78 is 49.4. The first kappa shape index (κ1) is 45.6. The van der Waals surface area contributed by atoms with Gasteiger partial charge in [-0.05, 0) is 85.7 Å². The number of nitrogens with one attached hydrogen (secondary N) is 1. The quantitative estimate of drug-likeness (QED) is 0.371. The highest BCUT2D eigenvalue weighted by Crippen LogP contribution is 2.23. The smallest absolute Gasteiger partial charge is 0.410 e. The number of amides is 2. The number of hydrogen-bond donors (Lipinski definition) is 1. The third kappa shape index (κ3) is 14.7. The Morgan fingerprint density at radius 3 is 1.70 bits per heavy atom. The molecule has 0 radical (unpaired) electrons. The van der Waals surface area contributed by atoms with Crippen LogP contribution in [0.4, 0.5) is 29.7 Å². The summed E-state index contributed by atoms with van der Waals surface area (Å²) in [5.74, 6) is -0.639. The van der Waals surface area contributed by atoms with Crippen LogP contribution in [0.1, 0.15) is 71.3 Å². The Morgan fingerprint density at radius 2 is 1.25 bits per heavy atom. The zero-order valence-electron chi connectivity index (χ0n) is 35.2. The summed E-state index contributed by atoms with van der Waals surface area (Å²) in [4.78, 5) is 44.4. The van der Waals surface area contributed by atoms with Gasteiger partial charge in [0, 0.05) is 101 Å². The van der Waals surface area contributed by atoms with Gasteiger partial charge in [0.05, 0.1) is 32.0 Å². The van der Waals surface area contributed by atoms with E-state index in [1.54, 1.807) is 21.9 Å². The van der Waals surface area contributed by atoms with Crippen molar-refractivity contribution in [1.29, 1.82) is 0 Å². The van der Waals surface area contributed by atoms with E-state index in [4.69, 9.17) is 18.9 Å². The molecule has 13 nitrogen and oxygen atoms in total. The van der Waals surface area contributed by atoms with Gasteiger partial charge in [-0.25, -0.2) is 18.4 Å². The predicted octanol–water partition coefficient (Wildman–Crippen LogP) is 5.79. The molecule has 4 heterocycles. The summed E-state index contributed by atoms with van der Waals surface area (Å²) in [5, 5.41) is 3.23. The Hall–Kier alpha value is -4.05. The molecule has 57 heavy (non-hydrogen) atoms. The molecule has 15 heteroatoms. The number of carbonyl (C=O) groups excluding carboxylic acids is 3. The van der Waals surface area contributed by atoms with E-state index in [9.17, 15) is 23.2 Å². The summed E-state index contributed by atoms with van der Waals surface area (Å²) >= 11 is 0. The molecule has 6 rings (SSSR count). The van der Waals surface area contributed by atoms with E-state index < -0.39 is 17.0 Å². The zero-order valence-corrected chi connectivity index (χ0v) is 35.2. The maximum atomic E-state index is 14.7. The Labute approximate surface area is 337 Å². The molecule has 0 spiro atoms. The van der Waals surface area contributed by atoms with Crippen LogP contribution in [-0.2, 0) is 25.5 Å². The number of rotatable bonds is 5. The molecule has 4 fully saturated rings. The van der Waals surface area contributed by atoms with Crippen LogP contribution in [0.5, 0.6) is 0 Å². The molecule has 2 aromatic rings. The van der Waals surface area contributed by atoms with Crippen molar-refractivity contribution in [2.24, 2.45) is 0 Å². The number of benzene rings is 2. The lowest BCUT2D eigenvalue weighted by atomic mass is 10.1. The second kappa shape index (κ2) is 21.1. The number of anilines is 2. The lowest BCUT2D eigenvalue weighted by Crippen LogP contribution is -2.54. The van der Waals surface area contributed by atoms with Gasteiger partial charge in [0.25, 0.3) is 0 Å². The molecule has 0 bridgehead atoms. The average Bonchev–Trinajstić information content (AvgIpc) is 3.15. The largest absolute Gasteiger partial charge is 0.444 e. The molecule has 0 aliphatic carbocycles. The van der Waals surface area contributed by atoms with Crippen molar-refractivity contribution in [3.8, 4) is 0 Å². The predicted molar refractivity (Wildman–Crippen MR) is 217 cm³/mol. The van der Waals surface area contributed by atoms with Crippen LogP contribution in [0.25, 0.3) is 0 Å². The molecule has 4 aliphatic rings. The number of carbonyl (C=O) groups is 3. The highest BCUT2D eigenvalue weighted by atomic mass is 19.1. The van der Waals surface area contributed by atoms with Gasteiger partial charge < -0.3 is 43.9 Å². The van der Waals surface area contributed by atoms with E-state index in [1.807, 2.05) is 72.4 Å². The van der Waals surface area contributed by atoms with Crippen molar-refractivity contribution in [1.82, 2.24) is 20.0 Å². The maximum absolute atomic E-state index is 14.7. The molecule has 4 aliphatic heterocycles. The number of hydrogen-bond acceptors (Lipinski definition) is 11. The Bertz CT molecular complexity index is 1610. The third-order valence-electron chi connectivity index (χ3n) is 9.76. The normalized spacial score (nSPS) is 20.7. The van der Waals surface area contributed by atoms with Crippen molar-refractivity contribution in [2.75, 3.05) is 102 Å². The number of piperazine rings is 2. The lowest BCUT2D eigenvalue weighted by molar-refractivity contribution is 0.000353. The van der Waals surface area contributed by atoms with E-state index >= 15 is 0 Å². The fourth-order valence-corrected chi connectivity index (χ4v) is 6.75. The average molecular weight is 803 g/mol. The van der Waals surface area contributed by atoms with E-state index in [0.717, 1.165) is 57.2 Å².